The van der Waals surface area contributed by atoms with Crippen molar-refractivity contribution in [2.45, 2.75) is 32.9 Å². The van der Waals surface area contributed by atoms with E-state index in [0.717, 1.165) is 36.0 Å². The standard InChI is InChI=1S/C16H21N3O2/c1-2-8-19-15-6-4-3-5-13(15)14(18-19)10-17-16(20)12-7-9-21-11-12/h3-6,12H,2,7-11H2,1H3,(H,17,20). The van der Waals surface area contributed by atoms with Gasteiger partial charge in [-0.3, -0.25) is 9.48 Å². The van der Waals surface area contributed by atoms with Crippen molar-refractivity contribution in [3.05, 3.63) is 30.0 Å². The van der Waals surface area contributed by atoms with E-state index in [0.29, 0.717) is 19.8 Å². The SMILES string of the molecule is CCCn1nc(CNC(=O)C2CCOC2)c2ccccc21. The summed E-state index contributed by atoms with van der Waals surface area (Å²) in [6.07, 6.45) is 1.85. The summed E-state index contributed by atoms with van der Waals surface area (Å²) in [4.78, 5) is 12.1. The van der Waals surface area contributed by atoms with E-state index in [1.165, 1.54) is 0 Å². The predicted molar refractivity (Wildman–Crippen MR) is 80.8 cm³/mol. The Morgan fingerprint density at radius 3 is 3.10 bits per heavy atom. The fraction of sp³-hybridized carbons (Fsp3) is 0.500. The van der Waals surface area contributed by atoms with Gasteiger partial charge in [0.1, 0.15) is 0 Å². The van der Waals surface area contributed by atoms with E-state index in [2.05, 4.69) is 29.5 Å². The van der Waals surface area contributed by atoms with Crippen LogP contribution in [0.2, 0.25) is 0 Å². The van der Waals surface area contributed by atoms with Crippen LogP contribution in [0.3, 0.4) is 0 Å². The van der Waals surface area contributed by atoms with Crippen LogP contribution in [-0.2, 0) is 22.6 Å². The monoisotopic (exact) mass is 287 g/mol. The fourth-order valence-electron chi connectivity index (χ4n) is 2.77. The van der Waals surface area contributed by atoms with Crippen molar-refractivity contribution in [1.29, 1.82) is 0 Å². The number of para-hydroxylation sites is 1. The predicted octanol–water partition coefficient (Wildman–Crippen LogP) is 2.10. The van der Waals surface area contributed by atoms with Crippen LogP contribution in [0.5, 0.6) is 0 Å². The van der Waals surface area contributed by atoms with Crippen molar-refractivity contribution in [2.24, 2.45) is 5.92 Å². The van der Waals surface area contributed by atoms with Gasteiger partial charge in [0, 0.05) is 18.5 Å². The maximum Gasteiger partial charge on any atom is 0.225 e. The maximum atomic E-state index is 12.1. The molecule has 0 aliphatic carbocycles. The Hall–Kier alpha value is -1.88. The van der Waals surface area contributed by atoms with Gasteiger partial charge >= 0.3 is 0 Å². The number of nitrogens with one attached hydrogen (secondary N) is 1. The van der Waals surface area contributed by atoms with Crippen molar-refractivity contribution in [1.82, 2.24) is 15.1 Å². The molecule has 1 aromatic carbocycles. The highest BCUT2D eigenvalue weighted by molar-refractivity contribution is 5.83. The molecule has 0 bridgehead atoms. The van der Waals surface area contributed by atoms with Crippen LogP contribution in [0.1, 0.15) is 25.5 Å². The Balaban J connectivity index is 1.75. The average molecular weight is 287 g/mol. The van der Waals surface area contributed by atoms with Gasteiger partial charge in [0.05, 0.1) is 30.3 Å². The summed E-state index contributed by atoms with van der Waals surface area (Å²) in [6, 6.07) is 8.17. The number of rotatable bonds is 5. The van der Waals surface area contributed by atoms with E-state index in [1.54, 1.807) is 0 Å². The Labute approximate surface area is 124 Å². The number of aryl methyl sites for hydroxylation is 1. The van der Waals surface area contributed by atoms with Crippen LogP contribution >= 0.6 is 0 Å². The topological polar surface area (TPSA) is 56.2 Å². The summed E-state index contributed by atoms with van der Waals surface area (Å²) in [5, 5.41) is 8.76. The molecule has 1 unspecified atom stereocenters. The molecule has 1 atom stereocenters. The fourth-order valence-corrected chi connectivity index (χ4v) is 2.77. The molecule has 5 heteroatoms. The summed E-state index contributed by atoms with van der Waals surface area (Å²) in [6.45, 7) is 4.73. The molecular weight excluding hydrogens is 266 g/mol. The molecule has 112 valence electrons. The number of carbonyl (C=O) groups excluding carboxylic acids is 1. The van der Waals surface area contributed by atoms with Crippen LogP contribution in [0.25, 0.3) is 10.9 Å². The lowest BCUT2D eigenvalue weighted by molar-refractivity contribution is -0.125. The number of fused-ring (bicyclic) bond motifs is 1. The minimum atomic E-state index is -0.00556. The Bertz CT molecular complexity index is 629. The number of benzene rings is 1. The molecule has 1 aromatic heterocycles. The first-order valence-corrected chi connectivity index (χ1v) is 7.59. The zero-order chi connectivity index (χ0) is 14.7. The Kier molecular flexibility index (Phi) is 4.20. The van der Waals surface area contributed by atoms with Gasteiger partial charge in [-0.2, -0.15) is 5.10 Å². The molecule has 1 amide bonds. The van der Waals surface area contributed by atoms with Crippen molar-refractivity contribution in [3.8, 4) is 0 Å². The Morgan fingerprint density at radius 1 is 1.48 bits per heavy atom. The van der Waals surface area contributed by atoms with Crippen LogP contribution in [0, 0.1) is 5.92 Å². The summed E-state index contributed by atoms with van der Waals surface area (Å²) >= 11 is 0. The smallest absolute Gasteiger partial charge is 0.225 e. The molecule has 2 heterocycles. The summed E-state index contributed by atoms with van der Waals surface area (Å²) in [5.74, 6) is 0.0654. The number of aromatic nitrogens is 2. The van der Waals surface area contributed by atoms with Crippen molar-refractivity contribution >= 4 is 16.8 Å². The van der Waals surface area contributed by atoms with E-state index in [-0.39, 0.29) is 11.8 Å². The quantitative estimate of drug-likeness (QED) is 0.916. The van der Waals surface area contributed by atoms with Gasteiger partial charge in [0.25, 0.3) is 0 Å². The summed E-state index contributed by atoms with van der Waals surface area (Å²) in [5.41, 5.74) is 2.07. The second-order valence-electron chi connectivity index (χ2n) is 5.47. The highest BCUT2D eigenvalue weighted by Gasteiger charge is 2.23. The first-order valence-electron chi connectivity index (χ1n) is 7.59. The number of carbonyl (C=O) groups is 1. The third-order valence-electron chi connectivity index (χ3n) is 3.90. The van der Waals surface area contributed by atoms with Crippen molar-refractivity contribution in [2.75, 3.05) is 13.2 Å². The maximum absolute atomic E-state index is 12.1. The van der Waals surface area contributed by atoms with E-state index >= 15 is 0 Å². The lowest BCUT2D eigenvalue weighted by Crippen LogP contribution is -2.30. The van der Waals surface area contributed by atoms with Gasteiger partial charge in [-0.25, -0.2) is 0 Å². The number of hydrogen-bond donors (Lipinski definition) is 1. The number of ether oxygens (including phenoxy) is 1. The third kappa shape index (κ3) is 2.93. The molecule has 21 heavy (non-hydrogen) atoms. The molecule has 0 spiro atoms. The summed E-state index contributed by atoms with van der Waals surface area (Å²) in [7, 11) is 0. The lowest BCUT2D eigenvalue weighted by atomic mass is 10.1. The second kappa shape index (κ2) is 6.26. The lowest BCUT2D eigenvalue weighted by Gasteiger charge is -2.08. The average Bonchev–Trinajstić information content (AvgIpc) is 3.14. The molecule has 1 aliphatic heterocycles. The van der Waals surface area contributed by atoms with Crippen molar-refractivity contribution in [3.63, 3.8) is 0 Å². The van der Waals surface area contributed by atoms with Gasteiger partial charge < -0.3 is 10.1 Å². The molecule has 1 aliphatic rings. The molecule has 1 saturated heterocycles. The van der Waals surface area contributed by atoms with Gasteiger partial charge in [0.2, 0.25) is 5.91 Å². The largest absolute Gasteiger partial charge is 0.381 e. The molecule has 1 N–H and O–H groups in total. The highest BCUT2D eigenvalue weighted by Crippen LogP contribution is 2.19. The first-order chi connectivity index (χ1) is 10.3. The van der Waals surface area contributed by atoms with Gasteiger partial charge in [-0.1, -0.05) is 25.1 Å². The van der Waals surface area contributed by atoms with Crippen LogP contribution < -0.4 is 5.32 Å². The minimum absolute atomic E-state index is 0.00556. The molecule has 5 nitrogen and oxygen atoms in total. The van der Waals surface area contributed by atoms with Gasteiger partial charge in [-0.05, 0) is 18.9 Å². The first kappa shape index (κ1) is 14.1. The normalized spacial score (nSPS) is 18.2. The Morgan fingerprint density at radius 2 is 2.33 bits per heavy atom. The van der Waals surface area contributed by atoms with Crippen LogP contribution in [0.15, 0.2) is 24.3 Å². The zero-order valence-electron chi connectivity index (χ0n) is 12.3. The number of hydrogen-bond acceptors (Lipinski definition) is 3. The molecule has 1 fully saturated rings. The number of amides is 1. The molecule has 0 saturated carbocycles. The van der Waals surface area contributed by atoms with Crippen LogP contribution in [-0.4, -0.2) is 28.9 Å². The third-order valence-corrected chi connectivity index (χ3v) is 3.90. The second-order valence-corrected chi connectivity index (χ2v) is 5.47. The van der Waals surface area contributed by atoms with Gasteiger partial charge in [0.15, 0.2) is 0 Å². The van der Waals surface area contributed by atoms with E-state index in [4.69, 9.17) is 4.74 Å². The molecular formula is C16H21N3O2. The van der Waals surface area contributed by atoms with E-state index in [9.17, 15) is 4.79 Å². The molecule has 2 aromatic rings. The highest BCUT2D eigenvalue weighted by atomic mass is 16.5. The summed E-state index contributed by atoms with van der Waals surface area (Å²) < 4.78 is 7.28. The zero-order valence-corrected chi connectivity index (χ0v) is 12.3. The molecule has 0 radical (unpaired) electrons. The van der Waals surface area contributed by atoms with E-state index in [1.807, 2.05) is 16.8 Å². The minimum Gasteiger partial charge on any atom is -0.381 e. The van der Waals surface area contributed by atoms with Crippen molar-refractivity contribution < 1.29 is 9.53 Å². The van der Waals surface area contributed by atoms with Gasteiger partial charge in [-0.15, -0.1) is 0 Å². The van der Waals surface area contributed by atoms with Crippen LogP contribution in [0.4, 0.5) is 0 Å². The number of nitrogens with zero attached hydrogens (tertiary/aromatic N) is 2. The van der Waals surface area contributed by atoms with E-state index < -0.39 is 0 Å². The molecule has 3 rings (SSSR count).